The molecule has 1 aliphatic heterocycles. The van der Waals surface area contributed by atoms with Crippen LogP contribution < -0.4 is 21.9 Å². The quantitative estimate of drug-likeness (QED) is 0.560. The van der Waals surface area contributed by atoms with Crippen LogP contribution in [0, 0.1) is 0 Å². The van der Waals surface area contributed by atoms with E-state index in [1.54, 1.807) is 30.3 Å². The van der Waals surface area contributed by atoms with Crippen molar-refractivity contribution in [3.63, 3.8) is 0 Å². The van der Waals surface area contributed by atoms with Crippen LogP contribution in [0.25, 0.3) is 0 Å². The van der Waals surface area contributed by atoms with Gasteiger partial charge in [-0.3, -0.25) is 19.1 Å². The molecule has 12 heteroatoms. The molecule has 2 aromatic heterocycles. The van der Waals surface area contributed by atoms with Gasteiger partial charge >= 0.3 is 11.9 Å². The summed E-state index contributed by atoms with van der Waals surface area (Å²) in [4.78, 5) is 46.8. The highest BCUT2D eigenvalue weighted by Gasteiger charge is 2.68. The number of aryl methyl sites for hydroxylation is 1. The monoisotopic (exact) mass is 432 g/mol. The zero-order valence-electron chi connectivity index (χ0n) is 15.7. The van der Waals surface area contributed by atoms with Crippen LogP contribution in [0.1, 0.15) is 11.1 Å². The molecule has 0 saturated heterocycles. The van der Waals surface area contributed by atoms with E-state index in [1.165, 1.54) is 18.5 Å². The first-order valence-corrected chi connectivity index (χ1v) is 9.09. The molecular formula is C19H15F3N6O3. The van der Waals surface area contributed by atoms with Gasteiger partial charge in [-0.05, 0) is 18.1 Å². The van der Waals surface area contributed by atoms with Crippen LogP contribution in [0.5, 0.6) is 0 Å². The maximum atomic E-state index is 14.3. The molecular weight excluding hydrogens is 417 g/mol. The number of hydrogen-bond acceptors (Lipinski definition) is 6. The van der Waals surface area contributed by atoms with E-state index in [2.05, 4.69) is 15.3 Å². The van der Waals surface area contributed by atoms with Crippen molar-refractivity contribution in [1.82, 2.24) is 19.5 Å². The van der Waals surface area contributed by atoms with E-state index in [0.29, 0.717) is 0 Å². The second-order valence-corrected chi connectivity index (χ2v) is 6.77. The molecule has 31 heavy (non-hydrogen) atoms. The predicted octanol–water partition coefficient (Wildman–Crippen LogP) is 1.39. The highest BCUT2D eigenvalue weighted by Crippen LogP contribution is 2.46. The molecule has 0 bridgehead atoms. The molecule has 1 aromatic carbocycles. The Balaban J connectivity index is 1.86. The number of H-pyrrole nitrogens is 1. The highest BCUT2D eigenvalue weighted by atomic mass is 19.4. The number of hydrogen-bond donors (Lipinski definition) is 3. The number of rotatable bonds is 5. The Morgan fingerprint density at radius 3 is 2.35 bits per heavy atom. The summed E-state index contributed by atoms with van der Waals surface area (Å²) in [7, 11) is 0. The van der Waals surface area contributed by atoms with Gasteiger partial charge in [-0.15, -0.1) is 0 Å². The molecule has 1 unspecified atom stereocenters. The molecule has 0 fully saturated rings. The fourth-order valence-corrected chi connectivity index (χ4v) is 3.45. The highest BCUT2D eigenvalue weighted by molar-refractivity contribution is 6.07. The lowest BCUT2D eigenvalue weighted by molar-refractivity contribution is -0.184. The van der Waals surface area contributed by atoms with Crippen LogP contribution in [-0.2, 0) is 23.3 Å². The predicted molar refractivity (Wildman–Crippen MR) is 103 cm³/mol. The SMILES string of the molecule is O=C1Nc2c(c(=O)[nH]c(=O)n2CCc2ccccc2)C1(Nc1ncccn1)C(F)(F)F. The second kappa shape index (κ2) is 7.38. The van der Waals surface area contributed by atoms with Crippen molar-refractivity contribution in [3.05, 3.63) is 80.8 Å². The van der Waals surface area contributed by atoms with Gasteiger partial charge in [0.25, 0.3) is 17.0 Å². The molecule has 3 heterocycles. The first kappa shape index (κ1) is 20.3. The molecule has 3 aromatic rings. The molecule has 1 atom stereocenters. The van der Waals surface area contributed by atoms with Crippen molar-refractivity contribution in [2.24, 2.45) is 0 Å². The number of fused-ring (bicyclic) bond motifs is 1. The minimum absolute atomic E-state index is 0.0714. The standard InChI is InChI=1S/C19H15F3N6O3/c20-19(21,22)18(27-16-23-8-4-9-24-16)12-13(25-15(18)30)28(17(31)26-14(12)29)10-7-11-5-2-1-3-6-11/h1-6,8-9H,7,10H2,(H,25,30)(H,23,24,27)(H,26,29,31). The molecule has 0 radical (unpaired) electrons. The molecule has 0 spiro atoms. The minimum Gasteiger partial charge on any atom is -0.328 e. The molecule has 0 saturated carbocycles. The van der Waals surface area contributed by atoms with E-state index in [4.69, 9.17) is 0 Å². The third kappa shape index (κ3) is 3.35. The smallest absolute Gasteiger partial charge is 0.328 e. The van der Waals surface area contributed by atoms with E-state index in [-0.39, 0.29) is 13.0 Å². The van der Waals surface area contributed by atoms with Crippen molar-refractivity contribution < 1.29 is 18.0 Å². The summed E-state index contributed by atoms with van der Waals surface area (Å²) >= 11 is 0. The van der Waals surface area contributed by atoms with Gasteiger partial charge in [-0.1, -0.05) is 30.3 Å². The summed E-state index contributed by atoms with van der Waals surface area (Å²) in [5, 5.41) is 4.03. The fraction of sp³-hybridized carbons (Fsp3) is 0.211. The summed E-state index contributed by atoms with van der Waals surface area (Å²) < 4.78 is 43.7. The van der Waals surface area contributed by atoms with Crippen LogP contribution in [-0.4, -0.2) is 31.6 Å². The molecule has 0 aliphatic carbocycles. The number of aromatic nitrogens is 4. The molecule has 160 valence electrons. The van der Waals surface area contributed by atoms with E-state index in [9.17, 15) is 27.6 Å². The number of halogens is 3. The van der Waals surface area contributed by atoms with Crippen molar-refractivity contribution in [2.45, 2.75) is 24.7 Å². The lowest BCUT2D eigenvalue weighted by Crippen LogP contribution is -2.56. The molecule has 4 rings (SSSR count). The normalized spacial score (nSPS) is 17.8. The van der Waals surface area contributed by atoms with E-state index in [0.717, 1.165) is 10.1 Å². The molecule has 9 nitrogen and oxygen atoms in total. The largest absolute Gasteiger partial charge is 0.425 e. The average Bonchev–Trinajstić information content (AvgIpc) is 3.03. The Kier molecular flexibility index (Phi) is 4.84. The summed E-state index contributed by atoms with van der Waals surface area (Å²) in [6.45, 7) is -0.0714. The van der Waals surface area contributed by atoms with Gasteiger partial charge in [0, 0.05) is 18.9 Å². The van der Waals surface area contributed by atoms with Crippen molar-refractivity contribution in [1.29, 1.82) is 0 Å². The first-order chi connectivity index (χ1) is 14.7. The van der Waals surface area contributed by atoms with Gasteiger partial charge in [0.1, 0.15) is 11.4 Å². The summed E-state index contributed by atoms with van der Waals surface area (Å²) in [5.41, 5.74) is -5.90. The number of anilines is 2. The average molecular weight is 432 g/mol. The lowest BCUT2D eigenvalue weighted by atomic mass is 9.92. The maximum Gasteiger partial charge on any atom is 0.425 e. The van der Waals surface area contributed by atoms with Gasteiger partial charge < -0.3 is 10.6 Å². The Hall–Kier alpha value is -3.96. The van der Waals surface area contributed by atoms with Crippen molar-refractivity contribution >= 4 is 17.7 Å². The number of carbonyl (C=O) groups excluding carboxylic acids is 1. The summed E-state index contributed by atoms with van der Waals surface area (Å²) in [6.07, 6.45) is -2.62. The Morgan fingerprint density at radius 1 is 1.03 bits per heavy atom. The molecule has 1 amide bonds. The van der Waals surface area contributed by atoms with Gasteiger partial charge in [-0.25, -0.2) is 14.8 Å². The lowest BCUT2D eigenvalue weighted by Gasteiger charge is -2.29. The number of benzene rings is 1. The number of alkyl halides is 3. The molecule has 1 aliphatic rings. The van der Waals surface area contributed by atoms with Crippen molar-refractivity contribution in [3.8, 4) is 0 Å². The van der Waals surface area contributed by atoms with Crippen LogP contribution in [0.15, 0.2) is 58.4 Å². The number of nitrogens with zero attached hydrogens (tertiary/aromatic N) is 3. The van der Waals surface area contributed by atoms with Crippen LogP contribution in [0.3, 0.4) is 0 Å². The number of nitrogens with one attached hydrogen (secondary N) is 3. The fourth-order valence-electron chi connectivity index (χ4n) is 3.45. The minimum atomic E-state index is -5.25. The third-order valence-electron chi connectivity index (χ3n) is 4.90. The van der Waals surface area contributed by atoms with E-state index >= 15 is 0 Å². The Labute approximate surface area is 172 Å². The van der Waals surface area contributed by atoms with Gasteiger partial charge in [0.05, 0.1) is 0 Å². The topological polar surface area (TPSA) is 122 Å². The Bertz CT molecular complexity index is 1240. The summed E-state index contributed by atoms with van der Waals surface area (Å²) in [6, 6.07) is 10.3. The Morgan fingerprint density at radius 2 is 1.71 bits per heavy atom. The zero-order chi connectivity index (χ0) is 22.2. The summed E-state index contributed by atoms with van der Waals surface area (Å²) in [5.74, 6) is -2.59. The van der Waals surface area contributed by atoms with Gasteiger partial charge in [-0.2, -0.15) is 13.2 Å². The second-order valence-electron chi connectivity index (χ2n) is 6.77. The van der Waals surface area contributed by atoms with Gasteiger partial charge in [0.15, 0.2) is 0 Å². The van der Waals surface area contributed by atoms with Crippen LogP contribution in [0.4, 0.5) is 24.9 Å². The molecule has 3 N–H and O–H groups in total. The van der Waals surface area contributed by atoms with Crippen molar-refractivity contribution in [2.75, 3.05) is 10.6 Å². The number of aromatic amines is 1. The number of amides is 1. The van der Waals surface area contributed by atoms with Gasteiger partial charge in [0.2, 0.25) is 5.95 Å². The van der Waals surface area contributed by atoms with Crippen LogP contribution in [0.2, 0.25) is 0 Å². The zero-order valence-corrected chi connectivity index (χ0v) is 15.7. The van der Waals surface area contributed by atoms with Crippen LogP contribution >= 0.6 is 0 Å². The maximum absolute atomic E-state index is 14.3. The first-order valence-electron chi connectivity index (χ1n) is 9.09. The third-order valence-corrected chi connectivity index (χ3v) is 4.90. The van der Waals surface area contributed by atoms with E-state index < -0.39 is 46.2 Å². The number of carbonyl (C=O) groups is 1. The van der Waals surface area contributed by atoms with E-state index in [1.807, 2.05) is 10.3 Å².